The van der Waals surface area contributed by atoms with E-state index in [4.69, 9.17) is 0 Å². The number of likely N-dealkylation sites (tertiary alicyclic amines) is 1. The Morgan fingerprint density at radius 3 is 2.92 bits per heavy atom. The second-order valence-corrected chi connectivity index (χ2v) is 4.23. The van der Waals surface area contributed by atoms with Crippen LogP contribution in [0.2, 0.25) is 0 Å². The average molecular weight is 179 g/mol. The van der Waals surface area contributed by atoms with Crippen molar-refractivity contribution >= 4 is 0 Å². The molecule has 1 saturated heterocycles. The van der Waals surface area contributed by atoms with E-state index in [0.717, 1.165) is 24.2 Å². The largest absolute Gasteiger partial charge is 0.348 e. The van der Waals surface area contributed by atoms with Gasteiger partial charge in [0.1, 0.15) is 5.82 Å². The molecule has 0 amide bonds. The zero-order valence-electron chi connectivity index (χ0n) is 8.33. The molecule has 0 radical (unpaired) electrons. The van der Waals surface area contributed by atoms with Crippen molar-refractivity contribution < 1.29 is 0 Å². The minimum atomic E-state index is 0.827. The molecular formula is C10H17N3. The summed E-state index contributed by atoms with van der Waals surface area (Å²) >= 11 is 0. The van der Waals surface area contributed by atoms with Crippen LogP contribution in [-0.4, -0.2) is 28.0 Å². The highest BCUT2D eigenvalue weighted by Crippen LogP contribution is 2.23. The molecular weight excluding hydrogens is 162 g/mol. The average Bonchev–Trinajstić information content (AvgIpc) is 2.46. The van der Waals surface area contributed by atoms with Gasteiger partial charge in [-0.3, -0.25) is 4.90 Å². The second kappa shape index (κ2) is 3.50. The summed E-state index contributed by atoms with van der Waals surface area (Å²) in [7, 11) is 0. The normalized spacial score (nSPS) is 19.3. The van der Waals surface area contributed by atoms with Crippen molar-refractivity contribution in [2.45, 2.75) is 20.4 Å². The highest BCUT2D eigenvalue weighted by molar-refractivity contribution is 4.91. The molecule has 72 valence electrons. The van der Waals surface area contributed by atoms with Crippen molar-refractivity contribution in [3.05, 3.63) is 18.2 Å². The molecule has 1 aromatic heterocycles. The zero-order chi connectivity index (χ0) is 9.26. The molecule has 0 saturated carbocycles. The Hall–Kier alpha value is -0.830. The lowest BCUT2D eigenvalue weighted by molar-refractivity contribution is 0.0592. The van der Waals surface area contributed by atoms with Gasteiger partial charge in [-0.1, -0.05) is 13.8 Å². The maximum Gasteiger partial charge on any atom is 0.120 e. The van der Waals surface area contributed by atoms with E-state index in [1.807, 2.05) is 12.4 Å². The molecule has 0 aliphatic carbocycles. The summed E-state index contributed by atoms with van der Waals surface area (Å²) < 4.78 is 0. The van der Waals surface area contributed by atoms with Gasteiger partial charge in [-0.2, -0.15) is 0 Å². The first-order valence-corrected chi connectivity index (χ1v) is 4.96. The number of nitrogens with one attached hydrogen (secondary N) is 1. The molecule has 0 aromatic carbocycles. The van der Waals surface area contributed by atoms with E-state index in [1.165, 1.54) is 13.1 Å². The molecule has 1 N–H and O–H groups in total. The molecule has 1 aliphatic rings. The van der Waals surface area contributed by atoms with Crippen molar-refractivity contribution in [3.8, 4) is 0 Å². The number of imidazole rings is 1. The van der Waals surface area contributed by atoms with Crippen LogP contribution in [0, 0.1) is 11.8 Å². The first kappa shape index (κ1) is 8.75. The number of nitrogens with zero attached hydrogens (tertiary/aromatic N) is 2. The van der Waals surface area contributed by atoms with E-state index in [0.29, 0.717) is 0 Å². The van der Waals surface area contributed by atoms with Crippen LogP contribution in [-0.2, 0) is 6.54 Å². The lowest BCUT2D eigenvalue weighted by Gasteiger charge is -2.41. The Kier molecular flexibility index (Phi) is 2.36. The SMILES string of the molecule is CC(C)C1CN(Cc2ncc[nH]2)C1. The Morgan fingerprint density at radius 2 is 2.38 bits per heavy atom. The standard InChI is InChI=1S/C10H17N3/c1-8(2)9-5-13(6-9)7-10-11-3-4-12-10/h3-4,8-9H,5-7H2,1-2H3,(H,11,12). The molecule has 3 nitrogen and oxygen atoms in total. The van der Waals surface area contributed by atoms with E-state index in [9.17, 15) is 0 Å². The van der Waals surface area contributed by atoms with E-state index in [-0.39, 0.29) is 0 Å². The van der Waals surface area contributed by atoms with Crippen molar-refractivity contribution in [3.63, 3.8) is 0 Å². The highest BCUT2D eigenvalue weighted by atomic mass is 15.2. The van der Waals surface area contributed by atoms with E-state index < -0.39 is 0 Å². The van der Waals surface area contributed by atoms with Gasteiger partial charge in [-0.05, 0) is 11.8 Å². The van der Waals surface area contributed by atoms with Crippen LogP contribution in [0.1, 0.15) is 19.7 Å². The summed E-state index contributed by atoms with van der Waals surface area (Å²) in [5, 5.41) is 0. The molecule has 2 rings (SSSR count). The van der Waals surface area contributed by atoms with Gasteiger partial charge in [0.25, 0.3) is 0 Å². The van der Waals surface area contributed by atoms with Gasteiger partial charge >= 0.3 is 0 Å². The molecule has 0 atom stereocenters. The van der Waals surface area contributed by atoms with Gasteiger partial charge in [-0.25, -0.2) is 4.98 Å². The quantitative estimate of drug-likeness (QED) is 0.762. The smallest absolute Gasteiger partial charge is 0.120 e. The first-order chi connectivity index (χ1) is 6.25. The Balaban J connectivity index is 1.76. The summed E-state index contributed by atoms with van der Waals surface area (Å²) in [5.41, 5.74) is 0. The predicted molar refractivity (Wildman–Crippen MR) is 52.2 cm³/mol. The number of hydrogen-bond acceptors (Lipinski definition) is 2. The molecule has 0 spiro atoms. The van der Waals surface area contributed by atoms with Crippen LogP contribution in [0.15, 0.2) is 12.4 Å². The van der Waals surface area contributed by atoms with E-state index in [1.54, 1.807) is 0 Å². The molecule has 0 unspecified atom stereocenters. The third-order valence-electron chi connectivity index (χ3n) is 2.86. The second-order valence-electron chi connectivity index (χ2n) is 4.23. The summed E-state index contributed by atoms with van der Waals surface area (Å²) in [4.78, 5) is 9.77. The van der Waals surface area contributed by atoms with Crippen LogP contribution in [0.3, 0.4) is 0 Å². The van der Waals surface area contributed by atoms with Gasteiger partial charge in [-0.15, -0.1) is 0 Å². The summed E-state index contributed by atoms with van der Waals surface area (Å²) in [5.74, 6) is 2.81. The molecule has 0 bridgehead atoms. The lowest BCUT2D eigenvalue weighted by atomic mass is 9.88. The number of aromatic amines is 1. The highest BCUT2D eigenvalue weighted by Gasteiger charge is 2.28. The minimum Gasteiger partial charge on any atom is -0.348 e. The molecule has 2 heterocycles. The minimum absolute atomic E-state index is 0.827. The maximum atomic E-state index is 4.21. The van der Waals surface area contributed by atoms with Crippen molar-refractivity contribution in [2.75, 3.05) is 13.1 Å². The Bertz CT molecular complexity index is 247. The summed E-state index contributed by atoms with van der Waals surface area (Å²) in [6.45, 7) is 8.05. The van der Waals surface area contributed by atoms with Crippen LogP contribution in [0.25, 0.3) is 0 Å². The van der Waals surface area contributed by atoms with E-state index in [2.05, 4.69) is 28.7 Å². The summed E-state index contributed by atoms with van der Waals surface area (Å²) in [6.07, 6.45) is 3.70. The lowest BCUT2D eigenvalue weighted by Crippen LogP contribution is -2.48. The zero-order valence-corrected chi connectivity index (χ0v) is 8.33. The van der Waals surface area contributed by atoms with Crippen molar-refractivity contribution in [1.82, 2.24) is 14.9 Å². The number of aromatic nitrogens is 2. The molecule has 13 heavy (non-hydrogen) atoms. The molecule has 1 aromatic rings. The Labute approximate surface area is 79.2 Å². The monoisotopic (exact) mass is 179 g/mol. The van der Waals surface area contributed by atoms with Crippen LogP contribution in [0.4, 0.5) is 0 Å². The van der Waals surface area contributed by atoms with Crippen LogP contribution in [0.5, 0.6) is 0 Å². The van der Waals surface area contributed by atoms with Crippen LogP contribution < -0.4 is 0 Å². The van der Waals surface area contributed by atoms with Gasteiger partial charge in [0, 0.05) is 25.5 Å². The predicted octanol–water partition coefficient (Wildman–Crippen LogP) is 1.50. The fourth-order valence-corrected chi connectivity index (χ4v) is 1.76. The van der Waals surface area contributed by atoms with Crippen molar-refractivity contribution in [2.24, 2.45) is 11.8 Å². The fraction of sp³-hybridized carbons (Fsp3) is 0.700. The van der Waals surface area contributed by atoms with Gasteiger partial charge < -0.3 is 4.98 Å². The number of hydrogen-bond donors (Lipinski definition) is 1. The number of H-pyrrole nitrogens is 1. The third kappa shape index (κ3) is 1.91. The van der Waals surface area contributed by atoms with Gasteiger partial charge in [0.05, 0.1) is 6.54 Å². The maximum absolute atomic E-state index is 4.21. The topological polar surface area (TPSA) is 31.9 Å². The van der Waals surface area contributed by atoms with Gasteiger partial charge in [0.2, 0.25) is 0 Å². The summed E-state index contributed by atoms with van der Waals surface area (Å²) in [6, 6.07) is 0. The third-order valence-corrected chi connectivity index (χ3v) is 2.86. The van der Waals surface area contributed by atoms with Gasteiger partial charge in [0.15, 0.2) is 0 Å². The van der Waals surface area contributed by atoms with Crippen LogP contribution >= 0.6 is 0 Å². The first-order valence-electron chi connectivity index (χ1n) is 4.96. The molecule has 3 heteroatoms. The van der Waals surface area contributed by atoms with E-state index >= 15 is 0 Å². The fourth-order valence-electron chi connectivity index (χ4n) is 1.76. The molecule has 1 aliphatic heterocycles. The molecule has 1 fully saturated rings. The number of rotatable bonds is 3. The Morgan fingerprint density at radius 1 is 1.62 bits per heavy atom. The van der Waals surface area contributed by atoms with Crippen molar-refractivity contribution in [1.29, 1.82) is 0 Å².